The molecular formula is C29H59NO2. The predicted octanol–water partition coefficient (Wildman–Crippen LogP) is 9.43. The van der Waals surface area contributed by atoms with Crippen molar-refractivity contribution in [3.05, 3.63) is 0 Å². The number of carboxylic acid groups (broad SMARTS) is 1. The Morgan fingerprint density at radius 1 is 0.562 bits per heavy atom. The second-order valence-corrected chi connectivity index (χ2v) is 10.4. The van der Waals surface area contributed by atoms with Crippen LogP contribution in [0.15, 0.2) is 0 Å². The summed E-state index contributed by atoms with van der Waals surface area (Å²) in [6.45, 7) is 7.25. The Hall–Kier alpha value is -0.570. The van der Waals surface area contributed by atoms with Crippen LogP contribution in [0.1, 0.15) is 168 Å². The molecule has 2 N–H and O–H groups in total. The fourth-order valence-electron chi connectivity index (χ4n) is 4.57. The van der Waals surface area contributed by atoms with Crippen molar-refractivity contribution < 1.29 is 9.90 Å². The lowest BCUT2D eigenvalue weighted by atomic mass is 9.93. The molecule has 1 unspecified atom stereocenters. The van der Waals surface area contributed by atoms with E-state index in [0.717, 1.165) is 25.8 Å². The van der Waals surface area contributed by atoms with Gasteiger partial charge in [0.2, 0.25) is 0 Å². The number of aliphatic carboxylic acids is 1. The maximum absolute atomic E-state index is 11.8. The van der Waals surface area contributed by atoms with Crippen molar-refractivity contribution in [2.24, 2.45) is 0 Å². The number of carbonyl (C=O) groups is 1. The Morgan fingerprint density at radius 2 is 0.875 bits per heavy atom. The third-order valence-electron chi connectivity index (χ3n) is 7.05. The Morgan fingerprint density at radius 3 is 1.22 bits per heavy atom. The minimum Gasteiger partial charge on any atom is -0.480 e. The molecule has 0 aliphatic heterocycles. The lowest BCUT2D eigenvalue weighted by Crippen LogP contribution is -2.49. The summed E-state index contributed by atoms with van der Waals surface area (Å²) >= 11 is 0. The fraction of sp³-hybridized carbons (Fsp3) is 0.966. The lowest BCUT2D eigenvalue weighted by molar-refractivity contribution is -0.144. The highest BCUT2D eigenvalue weighted by Gasteiger charge is 2.31. The summed E-state index contributed by atoms with van der Waals surface area (Å²) in [4.78, 5) is 11.8. The van der Waals surface area contributed by atoms with Crippen LogP contribution in [0.4, 0.5) is 0 Å². The van der Waals surface area contributed by atoms with Gasteiger partial charge in [-0.15, -0.1) is 0 Å². The van der Waals surface area contributed by atoms with Gasteiger partial charge in [0.1, 0.15) is 5.54 Å². The normalized spacial score (nSPS) is 13.3. The number of hydrogen-bond donors (Lipinski definition) is 2. The first-order chi connectivity index (χ1) is 15.6. The number of rotatable bonds is 26. The van der Waals surface area contributed by atoms with Gasteiger partial charge in [-0.1, -0.05) is 149 Å². The maximum Gasteiger partial charge on any atom is 0.323 e. The summed E-state index contributed by atoms with van der Waals surface area (Å²) in [5.41, 5.74) is -0.752. The van der Waals surface area contributed by atoms with Gasteiger partial charge in [0.15, 0.2) is 0 Å². The standard InChI is InChI=1S/C29H59NO2/c1-4-6-8-10-12-14-16-17-18-20-22-24-26-29(3,28(31)32)30-27-25-23-21-19-15-13-11-9-7-5-2/h30H,4-27H2,1-3H3,(H,31,32). The molecule has 0 aromatic rings. The first-order valence-electron chi connectivity index (χ1n) is 14.5. The van der Waals surface area contributed by atoms with Crippen LogP contribution < -0.4 is 5.32 Å². The highest BCUT2D eigenvalue weighted by molar-refractivity contribution is 5.78. The van der Waals surface area contributed by atoms with Crippen LogP contribution in [-0.4, -0.2) is 23.2 Å². The van der Waals surface area contributed by atoms with E-state index >= 15 is 0 Å². The predicted molar refractivity (Wildman–Crippen MR) is 142 cm³/mol. The van der Waals surface area contributed by atoms with Crippen LogP contribution >= 0.6 is 0 Å². The number of unbranched alkanes of at least 4 members (excludes halogenated alkanes) is 20. The summed E-state index contributed by atoms with van der Waals surface area (Å²) in [5.74, 6) is -0.687. The Kier molecular flexibility index (Phi) is 23.2. The molecule has 0 rings (SSSR count). The monoisotopic (exact) mass is 453 g/mol. The Balaban J connectivity index is 3.61. The van der Waals surface area contributed by atoms with Gasteiger partial charge in [-0.2, -0.15) is 0 Å². The molecule has 0 spiro atoms. The van der Waals surface area contributed by atoms with Gasteiger partial charge < -0.3 is 10.4 Å². The molecule has 0 saturated carbocycles. The van der Waals surface area contributed by atoms with Crippen molar-refractivity contribution in [3.63, 3.8) is 0 Å². The molecule has 0 aliphatic carbocycles. The van der Waals surface area contributed by atoms with Crippen molar-refractivity contribution >= 4 is 5.97 Å². The van der Waals surface area contributed by atoms with E-state index in [1.165, 1.54) is 128 Å². The molecule has 0 heterocycles. The minimum absolute atomic E-state index is 0.687. The Labute approximate surface area is 201 Å². The van der Waals surface area contributed by atoms with Crippen molar-refractivity contribution in [1.29, 1.82) is 0 Å². The zero-order valence-corrected chi connectivity index (χ0v) is 22.3. The van der Waals surface area contributed by atoms with Gasteiger partial charge in [-0.3, -0.25) is 4.79 Å². The zero-order valence-electron chi connectivity index (χ0n) is 22.3. The third kappa shape index (κ3) is 20.1. The molecule has 0 amide bonds. The quantitative estimate of drug-likeness (QED) is 0.128. The van der Waals surface area contributed by atoms with Gasteiger partial charge in [0.05, 0.1) is 0 Å². The molecule has 0 saturated heterocycles. The molecule has 3 nitrogen and oxygen atoms in total. The summed E-state index contributed by atoms with van der Waals surface area (Å²) < 4.78 is 0. The minimum atomic E-state index is -0.752. The largest absolute Gasteiger partial charge is 0.480 e. The van der Waals surface area contributed by atoms with E-state index in [0.29, 0.717) is 0 Å². The van der Waals surface area contributed by atoms with Gasteiger partial charge in [0, 0.05) is 0 Å². The summed E-state index contributed by atoms with van der Waals surface area (Å²) in [5, 5.41) is 13.1. The SMILES string of the molecule is CCCCCCCCCCCCCCC(C)(NCCCCCCCCCCCC)C(=O)O. The van der Waals surface area contributed by atoms with Crippen LogP contribution in [0.25, 0.3) is 0 Å². The molecule has 3 heteroatoms. The third-order valence-corrected chi connectivity index (χ3v) is 7.05. The van der Waals surface area contributed by atoms with Crippen LogP contribution in [0.3, 0.4) is 0 Å². The summed E-state index contributed by atoms with van der Waals surface area (Å²) in [6, 6.07) is 0. The summed E-state index contributed by atoms with van der Waals surface area (Å²) in [7, 11) is 0. The molecule has 0 aliphatic rings. The molecule has 192 valence electrons. The first kappa shape index (κ1) is 31.4. The van der Waals surface area contributed by atoms with Crippen LogP contribution in [-0.2, 0) is 4.79 Å². The molecule has 32 heavy (non-hydrogen) atoms. The summed E-state index contributed by atoms with van der Waals surface area (Å²) in [6.07, 6.45) is 29.7. The van der Waals surface area contributed by atoms with Crippen molar-refractivity contribution in [3.8, 4) is 0 Å². The fourth-order valence-corrected chi connectivity index (χ4v) is 4.57. The van der Waals surface area contributed by atoms with E-state index in [4.69, 9.17) is 0 Å². The van der Waals surface area contributed by atoms with Crippen molar-refractivity contribution in [2.75, 3.05) is 6.54 Å². The van der Waals surface area contributed by atoms with Crippen molar-refractivity contribution in [1.82, 2.24) is 5.32 Å². The number of hydrogen-bond acceptors (Lipinski definition) is 2. The topological polar surface area (TPSA) is 49.3 Å². The van der Waals surface area contributed by atoms with Gasteiger partial charge >= 0.3 is 5.97 Å². The average Bonchev–Trinajstić information content (AvgIpc) is 2.78. The molecular weight excluding hydrogens is 394 g/mol. The Bertz CT molecular complexity index is 399. The van der Waals surface area contributed by atoms with Crippen LogP contribution in [0, 0.1) is 0 Å². The smallest absolute Gasteiger partial charge is 0.323 e. The van der Waals surface area contributed by atoms with Gasteiger partial charge in [-0.05, 0) is 26.3 Å². The lowest BCUT2D eigenvalue weighted by Gasteiger charge is -2.26. The zero-order chi connectivity index (χ0) is 23.8. The van der Waals surface area contributed by atoms with Gasteiger partial charge in [-0.25, -0.2) is 0 Å². The van der Waals surface area contributed by atoms with Crippen LogP contribution in [0.5, 0.6) is 0 Å². The highest BCUT2D eigenvalue weighted by atomic mass is 16.4. The highest BCUT2D eigenvalue weighted by Crippen LogP contribution is 2.18. The van der Waals surface area contributed by atoms with E-state index in [1.807, 2.05) is 6.92 Å². The number of nitrogens with one attached hydrogen (secondary N) is 1. The molecule has 0 aromatic heterocycles. The van der Waals surface area contributed by atoms with Crippen molar-refractivity contribution in [2.45, 2.75) is 174 Å². The first-order valence-corrected chi connectivity index (χ1v) is 14.5. The second-order valence-electron chi connectivity index (χ2n) is 10.4. The number of carboxylic acids is 1. The second kappa shape index (κ2) is 23.6. The van der Waals surface area contributed by atoms with E-state index < -0.39 is 11.5 Å². The van der Waals surface area contributed by atoms with E-state index in [-0.39, 0.29) is 0 Å². The van der Waals surface area contributed by atoms with E-state index in [1.54, 1.807) is 0 Å². The molecule has 0 fully saturated rings. The average molecular weight is 454 g/mol. The molecule has 0 aromatic carbocycles. The van der Waals surface area contributed by atoms with Crippen LogP contribution in [0.2, 0.25) is 0 Å². The molecule has 1 atom stereocenters. The van der Waals surface area contributed by atoms with Gasteiger partial charge in [0.25, 0.3) is 0 Å². The maximum atomic E-state index is 11.8. The molecule has 0 radical (unpaired) electrons. The molecule has 0 bridgehead atoms. The van der Waals surface area contributed by atoms with E-state index in [9.17, 15) is 9.90 Å². The van der Waals surface area contributed by atoms with E-state index in [2.05, 4.69) is 19.2 Å².